The van der Waals surface area contributed by atoms with Gasteiger partial charge in [0.05, 0.1) is 30.7 Å². The number of thioether (sulfide) groups is 1. The quantitative estimate of drug-likeness (QED) is 0.142. The summed E-state index contributed by atoms with van der Waals surface area (Å²) in [4.78, 5) is 35.3. The number of carboxylic acid groups (broad SMARTS) is 1. The van der Waals surface area contributed by atoms with Crippen molar-refractivity contribution in [2.75, 3.05) is 12.3 Å². The Balaban J connectivity index is 2.09. The molecule has 0 spiro atoms. The van der Waals surface area contributed by atoms with E-state index in [1.807, 2.05) is 5.32 Å². The molecule has 10 atom stereocenters. The molecule has 0 bridgehead atoms. The minimum absolute atomic E-state index is 0.249. The van der Waals surface area contributed by atoms with Crippen molar-refractivity contribution >= 4 is 29.5 Å². The van der Waals surface area contributed by atoms with Crippen molar-refractivity contribution in [1.29, 1.82) is 0 Å². The van der Waals surface area contributed by atoms with Gasteiger partial charge >= 0.3 is 0 Å². The lowest BCUT2D eigenvalue weighted by atomic mass is 9.92. The number of carbonyl (C=O) groups is 3. The van der Waals surface area contributed by atoms with Crippen LogP contribution >= 0.6 is 11.8 Å². The number of ether oxygens (including phenoxy) is 1. The van der Waals surface area contributed by atoms with Crippen LogP contribution in [0.3, 0.4) is 0 Å². The molecule has 0 saturated carbocycles. The maximum absolute atomic E-state index is 12.9. The van der Waals surface area contributed by atoms with Crippen molar-refractivity contribution < 1.29 is 50.0 Å². The van der Waals surface area contributed by atoms with Crippen LogP contribution < -0.4 is 21.1 Å². The number of nitrogens with one attached hydrogen (secondary N) is 2. The molecular weight excluding hydrogens is 470 g/mol. The second-order valence-corrected chi connectivity index (χ2v) is 10.2. The second-order valence-electron chi connectivity index (χ2n) is 9.09. The van der Waals surface area contributed by atoms with Crippen molar-refractivity contribution in [2.45, 2.75) is 94.1 Å². The summed E-state index contributed by atoms with van der Waals surface area (Å²) in [5, 5.41) is 59.7. The van der Waals surface area contributed by atoms with Gasteiger partial charge in [-0.15, -0.1) is 11.8 Å². The smallest absolute Gasteiger partial charge is 0.278 e. The number of carboxylic acids is 1. The Morgan fingerprint density at radius 1 is 1.18 bits per heavy atom. The first-order valence-corrected chi connectivity index (χ1v) is 12.6. The van der Waals surface area contributed by atoms with E-state index in [-0.39, 0.29) is 17.7 Å². The summed E-state index contributed by atoms with van der Waals surface area (Å²) < 4.78 is 5.76. The zero-order valence-electron chi connectivity index (χ0n) is 19.6. The SMILES string of the molecule is CCC[C@H]1C[NH2+][C@H](C(=O)N[C@@H]([C@H]2O[C@H](SC[C@H](NC(C)=O)C(=O)[O-])[C@H](O)[C@@H](O)[C@H]2O)[C@@H](C)O)C1. The Kier molecular flexibility index (Phi) is 11.0. The summed E-state index contributed by atoms with van der Waals surface area (Å²) in [6.07, 6.45) is -4.62. The number of quaternary nitrogens is 1. The summed E-state index contributed by atoms with van der Waals surface area (Å²) in [5.74, 6) is -2.28. The highest BCUT2D eigenvalue weighted by Crippen LogP contribution is 2.31. The zero-order chi connectivity index (χ0) is 25.6. The number of carbonyl (C=O) groups excluding carboxylic acids is 3. The van der Waals surface area contributed by atoms with Gasteiger partial charge in [0.2, 0.25) is 5.91 Å². The van der Waals surface area contributed by atoms with Gasteiger partial charge in [-0.3, -0.25) is 9.59 Å². The Bertz CT molecular complexity index is 713. The first-order valence-electron chi connectivity index (χ1n) is 11.6. The monoisotopic (exact) mass is 507 g/mol. The molecule has 0 radical (unpaired) electrons. The van der Waals surface area contributed by atoms with E-state index in [1.165, 1.54) is 6.92 Å². The van der Waals surface area contributed by atoms with Gasteiger partial charge in [0.15, 0.2) is 6.04 Å². The van der Waals surface area contributed by atoms with E-state index in [4.69, 9.17) is 4.74 Å². The molecule has 2 fully saturated rings. The molecule has 0 unspecified atom stereocenters. The molecule has 0 aliphatic carbocycles. The number of hydrogen-bond acceptors (Lipinski definition) is 10. The number of amides is 2. The first-order chi connectivity index (χ1) is 16.0. The number of aliphatic hydroxyl groups is 4. The van der Waals surface area contributed by atoms with Crippen LogP contribution in [-0.2, 0) is 19.1 Å². The van der Waals surface area contributed by atoms with Crippen LogP contribution in [0.15, 0.2) is 0 Å². The molecule has 2 heterocycles. The Hall–Kier alpha value is -1.48. The predicted molar refractivity (Wildman–Crippen MR) is 119 cm³/mol. The molecule has 34 heavy (non-hydrogen) atoms. The molecule has 2 aliphatic rings. The standard InChI is InChI=1S/C21H37N3O9S/c1-4-5-11-6-12(22-7-11)19(30)24-14(9(2)25)18-16(28)15(27)17(29)21(33-18)34-8-13(20(31)32)23-10(3)26/h9,11-18,21-22,25,27-29H,4-8H2,1-3H3,(H,23,26)(H,24,30)(H,31,32)/t9-,11-,12+,13+,14-,15+,16-,17-,18-,21-/m1/s1. The molecule has 12 nitrogen and oxygen atoms in total. The highest BCUT2D eigenvalue weighted by Gasteiger charge is 2.49. The molecule has 2 saturated heterocycles. The van der Waals surface area contributed by atoms with E-state index in [1.54, 1.807) is 0 Å². The molecule has 2 amide bonds. The number of hydrogen-bond donors (Lipinski definition) is 7. The van der Waals surface area contributed by atoms with Gasteiger partial charge in [-0.25, -0.2) is 0 Å². The van der Waals surface area contributed by atoms with Crippen LogP contribution in [0.25, 0.3) is 0 Å². The fourth-order valence-corrected chi connectivity index (χ4v) is 5.59. The largest absolute Gasteiger partial charge is 0.548 e. The molecule has 0 aromatic heterocycles. The first kappa shape index (κ1) is 28.8. The number of aliphatic carboxylic acids is 1. The Morgan fingerprint density at radius 2 is 1.85 bits per heavy atom. The van der Waals surface area contributed by atoms with Gasteiger partial charge in [0.25, 0.3) is 5.91 Å². The van der Waals surface area contributed by atoms with Gasteiger partial charge in [-0.05, 0) is 13.3 Å². The third-order valence-electron chi connectivity index (χ3n) is 6.25. The lowest BCUT2D eigenvalue weighted by molar-refractivity contribution is -0.659. The number of rotatable bonds is 11. The van der Waals surface area contributed by atoms with E-state index in [9.17, 15) is 39.9 Å². The Morgan fingerprint density at radius 3 is 2.41 bits per heavy atom. The number of nitrogens with two attached hydrogens (primary N) is 1. The van der Waals surface area contributed by atoms with Crippen LogP contribution in [0.1, 0.15) is 40.0 Å². The minimum Gasteiger partial charge on any atom is -0.548 e. The molecule has 0 aromatic rings. The van der Waals surface area contributed by atoms with Crippen LogP contribution in [0.4, 0.5) is 0 Å². The normalized spacial score (nSPS) is 34.1. The van der Waals surface area contributed by atoms with E-state index in [0.29, 0.717) is 12.3 Å². The van der Waals surface area contributed by atoms with Gasteiger partial charge < -0.3 is 51.0 Å². The lowest BCUT2D eigenvalue weighted by Crippen LogP contribution is -2.90. The highest BCUT2D eigenvalue weighted by molar-refractivity contribution is 7.99. The van der Waals surface area contributed by atoms with E-state index in [2.05, 4.69) is 17.6 Å². The van der Waals surface area contributed by atoms with Crippen molar-refractivity contribution in [3.63, 3.8) is 0 Å². The maximum Gasteiger partial charge on any atom is 0.278 e. The molecule has 8 N–H and O–H groups in total. The summed E-state index contributed by atoms with van der Waals surface area (Å²) in [6, 6.07) is -2.82. The fourth-order valence-electron chi connectivity index (χ4n) is 4.43. The topological polar surface area (TPSA) is 205 Å². The Labute approximate surface area is 202 Å². The van der Waals surface area contributed by atoms with Crippen LogP contribution in [-0.4, -0.2) is 105 Å². The van der Waals surface area contributed by atoms with Gasteiger partial charge in [0, 0.05) is 25.0 Å². The molecular formula is C21H37N3O9S. The summed E-state index contributed by atoms with van der Waals surface area (Å²) in [6.45, 7) is 5.45. The van der Waals surface area contributed by atoms with Crippen molar-refractivity contribution in [3.8, 4) is 0 Å². The second kappa shape index (κ2) is 13.0. The van der Waals surface area contributed by atoms with E-state index >= 15 is 0 Å². The third-order valence-corrected chi connectivity index (χ3v) is 7.50. The zero-order valence-corrected chi connectivity index (χ0v) is 20.4. The number of aliphatic hydroxyl groups excluding tert-OH is 4. The summed E-state index contributed by atoms with van der Waals surface area (Å²) in [7, 11) is 0. The van der Waals surface area contributed by atoms with Crippen molar-refractivity contribution in [2.24, 2.45) is 5.92 Å². The van der Waals surface area contributed by atoms with Gasteiger partial charge in [0.1, 0.15) is 29.9 Å². The highest BCUT2D eigenvalue weighted by atomic mass is 32.2. The third kappa shape index (κ3) is 7.51. The van der Waals surface area contributed by atoms with E-state index in [0.717, 1.165) is 38.1 Å². The van der Waals surface area contributed by atoms with Crippen molar-refractivity contribution in [1.82, 2.24) is 10.6 Å². The molecule has 2 aliphatic heterocycles. The maximum atomic E-state index is 12.9. The molecule has 0 aromatic carbocycles. The molecule has 196 valence electrons. The predicted octanol–water partition coefficient (Wildman–Crippen LogP) is -4.60. The molecule has 2 rings (SSSR count). The molecule has 13 heteroatoms. The average Bonchev–Trinajstić information content (AvgIpc) is 3.23. The lowest BCUT2D eigenvalue weighted by Gasteiger charge is -2.44. The van der Waals surface area contributed by atoms with E-state index < -0.39 is 59.9 Å². The van der Waals surface area contributed by atoms with Crippen LogP contribution in [0, 0.1) is 5.92 Å². The fraction of sp³-hybridized carbons (Fsp3) is 0.857. The van der Waals surface area contributed by atoms with Gasteiger partial charge in [-0.2, -0.15) is 0 Å². The minimum atomic E-state index is -1.68. The van der Waals surface area contributed by atoms with Crippen molar-refractivity contribution in [3.05, 3.63) is 0 Å². The van der Waals surface area contributed by atoms with Crippen LogP contribution in [0.2, 0.25) is 0 Å². The van der Waals surface area contributed by atoms with Gasteiger partial charge in [-0.1, -0.05) is 13.3 Å². The average molecular weight is 508 g/mol. The summed E-state index contributed by atoms with van der Waals surface area (Å²) in [5.41, 5.74) is -1.20. The van der Waals surface area contributed by atoms with Crippen LogP contribution in [0.5, 0.6) is 0 Å². The summed E-state index contributed by atoms with van der Waals surface area (Å²) >= 11 is 0.793.